The highest BCUT2D eigenvalue weighted by Crippen LogP contribution is 2.15. The maximum Gasteiger partial charge on any atom is 0.306 e. The summed E-state index contributed by atoms with van der Waals surface area (Å²) in [6.45, 7) is 6.44. The maximum absolute atomic E-state index is 12.8. The van der Waals surface area contributed by atoms with Crippen LogP contribution >= 0.6 is 0 Å². The van der Waals surface area contributed by atoms with Gasteiger partial charge in [-0.1, -0.05) is 253 Å². The number of hydrogen-bond donors (Lipinski definition) is 0. The van der Waals surface area contributed by atoms with Crippen LogP contribution in [0, 0.1) is 0 Å². The summed E-state index contributed by atoms with van der Waals surface area (Å²) >= 11 is 0. The van der Waals surface area contributed by atoms with Gasteiger partial charge in [-0.25, -0.2) is 0 Å². The first kappa shape index (κ1) is 65.3. The van der Waals surface area contributed by atoms with Gasteiger partial charge in [-0.2, -0.15) is 0 Å². The molecule has 0 rings (SSSR count). The average Bonchev–Trinajstić information content (AvgIpc) is 3.35. The number of unbranched alkanes of at least 4 members (excludes halogenated alkanes) is 24. The summed E-state index contributed by atoms with van der Waals surface area (Å²) in [6.07, 6.45) is 75.5. The van der Waals surface area contributed by atoms with Crippen LogP contribution in [0.3, 0.4) is 0 Å². The summed E-state index contributed by atoms with van der Waals surface area (Å²) in [4.78, 5) is 38.1. The van der Waals surface area contributed by atoms with E-state index >= 15 is 0 Å². The number of rotatable bonds is 51. The van der Waals surface area contributed by atoms with E-state index in [-0.39, 0.29) is 37.5 Å². The molecule has 0 spiro atoms. The van der Waals surface area contributed by atoms with E-state index < -0.39 is 6.10 Å². The first-order valence-electron chi connectivity index (χ1n) is 28.7. The predicted molar refractivity (Wildman–Crippen MR) is 297 cm³/mol. The fourth-order valence-electron chi connectivity index (χ4n) is 7.79. The molecule has 0 aliphatic rings. The Morgan fingerprint density at radius 2 is 0.594 bits per heavy atom. The van der Waals surface area contributed by atoms with E-state index in [0.29, 0.717) is 19.3 Å². The third-order valence-electron chi connectivity index (χ3n) is 12.1. The van der Waals surface area contributed by atoms with Gasteiger partial charge in [0.2, 0.25) is 0 Å². The molecule has 0 amide bonds. The number of ether oxygens (including phenoxy) is 3. The second-order valence-corrected chi connectivity index (χ2v) is 18.8. The van der Waals surface area contributed by atoms with Gasteiger partial charge in [0.05, 0.1) is 0 Å². The zero-order valence-corrected chi connectivity index (χ0v) is 45.0. The number of carbonyl (C=O) groups is 3. The molecule has 0 heterocycles. The van der Waals surface area contributed by atoms with E-state index in [9.17, 15) is 14.4 Å². The Morgan fingerprint density at radius 1 is 0.304 bits per heavy atom. The lowest BCUT2D eigenvalue weighted by Gasteiger charge is -2.18. The third-order valence-corrected chi connectivity index (χ3v) is 12.1. The zero-order valence-electron chi connectivity index (χ0n) is 45.0. The molecule has 0 aromatic rings. The van der Waals surface area contributed by atoms with Crippen LogP contribution in [0.15, 0.2) is 97.2 Å². The molecule has 0 aliphatic carbocycles. The molecular formula is C63H106O6. The molecule has 0 saturated heterocycles. The molecule has 6 nitrogen and oxygen atoms in total. The Bertz CT molecular complexity index is 1380. The van der Waals surface area contributed by atoms with Crippen molar-refractivity contribution in [1.29, 1.82) is 0 Å². The van der Waals surface area contributed by atoms with Crippen molar-refractivity contribution < 1.29 is 28.6 Å². The normalized spacial score (nSPS) is 12.8. The van der Waals surface area contributed by atoms with Crippen LogP contribution in [0.5, 0.6) is 0 Å². The van der Waals surface area contributed by atoms with Gasteiger partial charge in [-0.05, 0) is 89.9 Å². The molecular weight excluding hydrogens is 853 g/mol. The largest absolute Gasteiger partial charge is 0.462 e. The Kier molecular flexibility index (Phi) is 53.9. The third kappa shape index (κ3) is 55.1. The Labute approximate surface area is 426 Å². The maximum atomic E-state index is 12.8. The van der Waals surface area contributed by atoms with Crippen molar-refractivity contribution in [3.05, 3.63) is 97.2 Å². The van der Waals surface area contributed by atoms with Crippen molar-refractivity contribution in [1.82, 2.24) is 0 Å². The Hall–Kier alpha value is -3.67. The predicted octanol–water partition coefficient (Wildman–Crippen LogP) is 19.3. The van der Waals surface area contributed by atoms with E-state index in [2.05, 4.69) is 112 Å². The highest BCUT2D eigenvalue weighted by molar-refractivity contribution is 5.71. The van der Waals surface area contributed by atoms with Gasteiger partial charge in [0, 0.05) is 19.3 Å². The van der Waals surface area contributed by atoms with E-state index in [4.69, 9.17) is 14.2 Å². The summed E-state index contributed by atoms with van der Waals surface area (Å²) in [5.41, 5.74) is 0. The minimum absolute atomic E-state index is 0.106. The zero-order chi connectivity index (χ0) is 50.0. The minimum atomic E-state index is -0.816. The van der Waals surface area contributed by atoms with Gasteiger partial charge in [-0.15, -0.1) is 0 Å². The summed E-state index contributed by atoms with van der Waals surface area (Å²) in [7, 11) is 0. The Morgan fingerprint density at radius 3 is 1.00 bits per heavy atom. The molecule has 6 heteroatoms. The van der Waals surface area contributed by atoms with Gasteiger partial charge in [0.1, 0.15) is 13.2 Å². The fraction of sp³-hybridized carbons (Fsp3) is 0.698. The number of hydrogen-bond acceptors (Lipinski definition) is 6. The molecule has 0 unspecified atom stereocenters. The second-order valence-electron chi connectivity index (χ2n) is 18.8. The molecule has 0 saturated carbocycles. The lowest BCUT2D eigenvalue weighted by atomic mass is 10.0. The molecule has 394 valence electrons. The molecule has 0 aliphatic heterocycles. The van der Waals surface area contributed by atoms with Gasteiger partial charge >= 0.3 is 17.9 Å². The quantitative estimate of drug-likeness (QED) is 0.0262. The topological polar surface area (TPSA) is 78.9 Å². The van der Waals surface area contributed by atoms with Gasteiger partial charge in [-0.3, -0.25) is 14.4 Å². The van der Waals surface area contributed by atoms with E-state index in [1.165, 1.54) is 116 Å². The van der Waals surface area contributed by atoms with E-state index in [1.54, 1.807) is 0 Å². The number of esters is 3. The number of allylic oxidation sites excluding steroid dienone is 16. The first-order valence-corrected chi connectivity index (χ1v) is 28.7. The van der Waals surface area contributed by atoms with Crippen molar-refractivity contribution >= 4 is 17.9 Å². The van der Waals surface area contributed by atoms with Crippen LogP contribution in [-0.2, 0) is 28.6 Å². The summed E-state index contributed by atoms with van der Waals surface area (Å²) < 4.78 is 16.8. The van der Waals surface area contributed by atoms with Gasteiger partial charge in [0.15, 0.2) is 6.10 Å². The number of carbonyl (C=O) groups excluding carboxylic acids is 3. The lowest BCUT2D eigenvalue weighted by molar-refractivity contribution is -0.166. The lowest BCUT2D eigenvalue weighted by Crippen LogP contribution is -2.30. The average molecular weight is 960 g/mol. The molecule has 0 bridgehead atoms. The van der Waals surface area contributed by atoms with E-state index in [0.717, 1.165) is 103 Å². The van der Waals surface area contributed by atoms with Crippen LogP contribution in [0.2, 0.25) is 0 Å². The Balaban J connectivity index is 4.50. The first-order chi connectivity index (χ1) is 34.0. The van der Waals surface area contributed by atoms with Crippen molar-refractivity contribution in [2.75, 3.05) is 13.2 Å². The molecule has 0 radical (unpaired) electrons. The van der Waals surface area contributed by atoms with Crippen molar-refractivity contribution in [3.8, 4) is 0 Å². The molecule has 0 fully saturated rings. The molecule has 0 N–H and O–H groups in total. The van der Waals surface area contributed by atoms with Crippen LogP contribution in [-0.4, -0.2) is 37.2 Å². The second kappa shape index (κ2) is 56.9. The van der Waals surface area contributed by atoms with Crippen LogP contribution in [0.4, 0.5) is 0 Å². The minimum Gasteiger partial charge on any atom is -0.462 e. The summed E-state index contributed by atoms with van der Waals surface area (Å²) in [6, 6.07) is 0. The highest BCUT2D eigenvalue weighted by Gasteiger charge is 2.19. The fourth-order valence-corrected chi connectivity index (χ4v) is 7.79. The van der Waals surface area contributed by atoms with Crippen LogP contribution in [0.25, 0.3) is 0 Å². The summed E-state index contributed by atoms with van der Waals surface area (Å²) in [5, 5.41) is 0. The van der Waals surface area contributed by atoms with Crippen molar-refractivity contribution in [2.45, 2.75) is 271 Å². The smallest absolute Gasteiger partial charge is 0.306 e. The van der Waals surface area contributed by atoms with Crippen molar-refractivity contribution in [3.63, 3.8) is 0 Å². The highest BCUT2D eigenvalue weighted by atomic mass is 16.6. The van der Waals surface area contributed by atoms with Gasteiger partial charge < -0.3 is 14.2 Å². The van der Waals surface area contributed by atoms with Crippen LogP contribution in [0.1, 0.15) is 265 Å². The van der Waals surface area contributed by atoms with Crippen molar-refractivity contribution in [2.24, 2.45) is 0 Å². The summed E-state index contributed by atoms with van der Waals surface area (Å²) in [5.74, 6) is -1.01. The molecule has 69 heavy (non-hydrogen) atoms. The van der Waals surface area contributed by atoms with Gasteiger partial charge in [0.25, 0.3) is 0 Å². The standard InChI is InChI=1S/C63H106O6/c1-4-7-10-13-16-19-22-25-28-30-31-33-36-38-41-44-47-50-53-56-62(65)68-59-60(69-63(66)57-54-51-48-45-42-39-34-27-24-21-18-15-12-9-6-3)58-67-61(64)55-52-49-46-43-40-37-35-32-29-26-23-20-17-14-11-8-5-2/h9,12,16,18-19,21,25,27-28,31,33-34,38,41,47,50,60H,4-8,10-11,13-15,17,20,22-24,26,29-30,32,35-37,39-40,42-46,48-49,51-59H2,1-3H3/b12-9-,19-16-,21-18-,28-25-,33-31-,34-27-,41-38-,50-47-/t60-/m0/s1. The SMILES string of the molecule is CC/C=C\C/C=C\C/C=C\CCCCCCCC(=O)O[C@H](COC(=O)CC/C=C\C/C=C\C/C=C\C/C=C\C/C=C\CCCCC)COC(=O)CCCCCCCCCCCCCCCCCCC. The van der Waals surface area contributed by atoms with Crippen LogP contribution < -0.4 is 0 Å². The van der Waals surface area contributed by atoms with E-state index in [1.807, 2.05) is 6.08 Å². The molecule has 0 aromatic heterocycles. The molecule has 1 atom stereocenters. The monoisotopic (exact) mass is 959 g/mol. The molecule has 0 aromatic carbocycles.